The van der Waals surface area contributed by atoms with Gasteiger partial charge in [0.05, 0.1) is 24.1 Å². The van der Waals surface area contributed by atoms with Crippen LogP contribution in [0.5, 0.6) is 0 Å². The quantitative estimate of drug-likeness (QED) is 0.715. The summed E-state index contributed by atoms with van der Waals surface area (Å²) in [5, 5.41) is 6.92. The van der Waals surface area contributed by atoms with Gasteiger partial charge in [-0.2, -0.15) is 5.10 Å². The maximum Gasteiger partial charge on any atom is 0.238 e. The van der Waals surface area contributed by atoms with Crippen molar-refractivity contribution in [3.05, 3.63) is 84.2 Å². The van der Waals surface area contributed by atoms with Gasteiger partial charge in [0.15, 0.2) is 0 Å². The predicted molar refractivity (Wildman–Crippen MR) is 108 cm³/mol. The highest BCUT2D eigenvalue weighted by molar-refractivity contribution is 5.92. The molecule has 7 heteroatoms. The lowest BCUT2D eigenvalue weighted by molar-refractivity contribution is -0.117. The third-order valence-corrected chi connectivity index (χ3v) is 4.84. The summed E-state index contributed by atoms with van der Waals surface area (Å²) in [7, 11) is 0. The number of para-hydroxylation sites is 1. The molecule has 0 saturated carbocycles. The molecule has 0 aliphatic carbocycles. The van der Waals surface area contributed by atoms with Gasteiger partial charge < -0.3 is 5.32 Å². The Kier molecular flexibility index (Phi) is 5.48. The first kappa shape index (κ1) is 19.0. The maximum atomic E-state index is 13.7. The van der Waals surface area contributed by atoms with Crippen LogP contribution in [0.15, 0.2) is 67.0 Å². The summed E-state index contributed by atoms with van der Waals surface area (Å²) in [6, 6.07) is 13.0. The number of carbonyl (C=O) groups excluding carboxylic acids is 1. The molecule has 1 aliphatic rings. The van der Waals surface area contributed by atoms with Crippen LogP contribution in [-0.4, -0.2) is 40.2 Å². The minimum atomic E-state index is -0.783. The van der Waals surface area contributed by atoms with Gasteiger partial charge in [0.25, 0.3) is 0 Å². The molecular formula is C22H20F2N4O. The average Bonchev–Trinajstić information content (AvgIpc) is 3.22. The maximum absolute atomic E-state index is 13.7. The van der Waals surface area contributed by atoms with E-state index in [4.69, 9.17) is 0 Å². The first-order chi connectivity index (χ1) is 14.1. The van der Waals surface area contributed by atoms with E-state index in [-0.39, 0.29) is 18.1 Å². The molecule has 0 atom stereocenters. The molecular weight excluding hydrogens is 374 g/mol. The largest absolute Gasteiger partial charge is 0.322 e. The van der Waals surface area contributed by atoms with Crippen LogP contribution >= 0.6 is 0 Å². The van der Waals surface area contributed by atoms with E-state index in [9.17, 15) is 13.6 Å². The molecule has 3 aromatic rings. The van der Waals surface area contributed by atoms with E-state index in [1.807, 2.05) is 52.3 Å². The summed E-state index contributed by atoms with van der Waals surface area (Å²) < 4.78 is 28.5. The third-order valence-electron chi connectivity index (χ3n) is 4.84. The fourth-order valence-corrected chi connectivity index (χ4v) is 3.31. The lowest BCUT2D eigenvalue weighted by Crippen LogP contribution is -2.36. The van der Waals surface area contributed by atoms with E-state index < -0.39 is 11.6 Å². The molecule has 0 unspecified atom stereocenters. The molecule has 5 nitrogen and oxygen atoms in total. The molecule has 1 aliphatic heterocycles. The zero-order valence-electron chi connectivity index (χ0n) is 15.7. The van der Waals surface area contributed by atoms with Crippen LogP contribution in [0.2, 0.25) is 0 Å². The van der Waals surface area contributed by atoms with E-state index in [0.29, 0.717) is 13.1 Å². The van der Waals surface area contributed by atoms with Gasteiger partial charge in [-0.15, -0.1) is 0 Å². The van der Waals surface area contributed by atoms with E-state index >= 15 is 0 Å². The number of hydrogen-bond donors (Lipinski definition) is 1. The second-order valence-corrected chi connectivity index (χ2v) is 6.90. The van der Waals surface area contributed by atoms with Crippen molar-refractivity contribution in [2.75, 3.05) is 25.0 Å². The summed E-state index contributed by atoms with van der Waals surface area (Å²) in [4.78, 5) is 14.2. The van der Waals surface area contributed by atoms with Crippen molar-refractivity contribution in [1.29, 1.82) is 0 Å². The van der Waals surface area contributed by atoms with E-state index in [2.05, 4.69) is 16.5 Å². The van der Waals surface area contributed by atoms with Gasteiger partial charge in [0, 0.05) is 30.9 Å². The number of hydrogen-bond acceptors (Lipinski definition) is 3. The minimum Gasteiger partial charge on any atom is -0.322 e. The van der Waals surface area contributed by atoms with Crippen molar-refractivity contribution in [3.8, 4) is 5.69 Å². The van der Waals surface area contributed by atoms with Crippen LogP contribution < -0.4 is 5.32 Å². The summed E-state index contributed by atoms with van der Waals surface area (Å²) in [5.41, 5.74) is 3.24. The zero-order chi connectivity index (χ0) is 20.2. The molecule has 1 amide bonds. The van der Waals surface area contributed by atoms with E-state index in [0.717, 1.165) is 29.8 Å². The van der Waals surface area contributed by atoms with Crippen molar-refractivity contribution in [2.45, 2.75) is 6.42 Å². The number of nitrogens with one attached hydrogen (secondary N) is 1. The molecule has 1 N–H and O–H groups in total. The number of benzene rings is 2. The number of carbonyl (C=O) groups is 1. The molecule has 29 heavy (non-hydrogen) atoms. The van der Waals surface area contributed by atoms with E-state index in [1.165, 1.54) is 11.6 Å². The molecule has 0 spiro atoms. The molecule has 0 saturated heterocycles. The van der Waals surface area contributed by atoms with Crippen molar-refractivity contribution in [2.24, 2.45) is 0 Å². The Bertz CT molecular complexity index is 1050. The average molecular weight is 394 g/mol. The van der Waals surface area contributed by atoms with Gasteiger partial charge >= 0.3 is 0 Å². The van der Waals surface area contributed by atoms with Crippen LogP contribution in [0.1, 0.15) is 12.0 Å². The molecule has 1 aromatic heterocycles. The Balaban J connectivity index is 1.35. The second-order valence-electron chi connectivity index (χ2n) is 6.90. The number of nitrogens with zero attached hydrogens (tertiary/aromatic N) is 3. The van der Waals surface area contributed by atoms with Crippen molar-refractivity contribution >= 4 is 17.2 Å². The SMILES string of the molecule is O=C(CN1CC=C(c2cnn(-c3ccccc3)c2)CC1)Nc1ccc(F)cc1F. The predicted octanol–water partition coefficient (Wildman–Crippen LogP) is 3.88. The van der Waals surface area contributed by atoms with Gasteiger partial charge in [-0.3, -0.25) is 9.69 Å². The summed E-state index contributed by atoms with van der Waals surface area (Å²) in [6.45, 7) is 1.47. The Labute approximate surface area is 167 Å². The number of aromatic nitrogens is 2. The summed E-state index contributed by atoms with van der Waals surface area (Å²) >= 11 is 0. The van der Waals surface area contributed by atoms with Gasteiger partial charge in [0.1, 0.15) is 11.6 Å². The normalized spacial score (nSPS) is 14.5. The standard InChI is InChI=1S/C22H20F2N4O/c23-18-6-7-21(20(24)12-18)26-22(29)15-27-10-8-16(9-11-27)17-13-25-28(14-17)19-4-2-1-3-5-19/h1-8,12-14H,9-11,15H2,(H,26,29). The van der Waals surface area contributed by atoms with Crippen LogP contribution in [0, 0.1) is 11.6 Å². The van der Waals surface area contributed by atoms with Gasteiger partial charge in [0.2, 0.25) is 5.91 Å². The minimum absolute atomic E-state index is 0.0158. The number of amides is 1. The monoisotopic (exact) mass is 394 g/mol. The molecule has 2 aromatic carbocycles. The molecule has 0 fully saturated rings. The first-order valence-electron chi connectivity index (χ1n) is 9.35. The number of halogens is 2. The van der Waals surface area contributed by atoms with Crippen molar-refractivity contribution in [1.82, 2.24) is 14.7 Å². The summed E-state index contributed by atoms with van der Waals surface area (Å²) in [6.07, 6.45) is 6.72. The molecule has 4 rings (SSSR count). The molecule has 148 valence electrons. The summed E-state index contributed by atoms with van der Waals surface area (Å²) in [5.74, 6) is -1.79. The Morgan fingerprint density at radius 3 is 2.69 bits per heavy atom. The highest BCUT2D eigenvalue weighted by atomic mass is 19.1. The smallest absolute Gasteiger partial charge is 0.238 e. The van der Waals surface area contributed by atoms with Gasteiger partial charge in [-0.25, -0.2) is 13.5 Å². The van der Waals surface area contributed by atoms with Gasteiger partial charge in [-0.05, 0) is 36.3 Å². The number of rotatable bonds is 5. The first-order valence-corrected chi connectivity index (χ1v) is 9.35. The Hall–Kier alpha value is -3.32. The fraction of sp³-hybridized carbons (Fsp3) is 0.182. The molecule has 0 bridgehead atoms. The van der Waals surface area contributed by atoms with Crippen LogP contribution in [0.25, 0.3) is 11.3 Å². The van der Waals surface area contributed by atoms with Crippen molar-refractivity contribution < 1.29 is 13.6 Å². The Morgan fingerprint density at radius 1 is 1.14 bits per heavy atom. The second kappa shape index (κ2) is 8.36. The van der Waals surface area contributed by atoms with Crippen LogP contribution in [0.4, 0.5) is 14.5 Å². The fourth-order valence-electron chi connectivity index (χ4n) is 3.31. The molecule has 2 heterocycles. The lowest BCUT2D eigenvalue weighted by atomic mass is 10.0. The molecule has 0 radical (unpaired) electrons. The van der Waals surface area contributed by atoms with Gasteiger partial charge in [-0.1, -0.05) is 24.3 Å². The third kappa shape index (κ3) is 4.57. The van der Waals surface area contributed by atoms with E-state index in [1.54, 1.807) is 0 Å². The zero-order valence-corrected chi connectivity index (χ0v) is 15.7. The lowest BCUT2D eigenvalue weighted by Gasteiger charge is -2.25. The van der Waals surface area contributed by atoms with Crippen LogP contribution in [-0.2, 0) is 4.79 Å². The van der Waals surface area contributed by atoms with Crippen LogP contribution in [0.3, 0.4) is 0 Å². The Morgan fingerprint density at radius 2 is 1.97 bits per heavy atom. The highest BCUT2D eigenvalue weighted by Crippen LogP contribution is 2.23. The topological polar surface area (TPSA) is 50.2 Å². The van der Waals surface area contributed by atoms with Crippen molar-refractivity contribution in [3.63, 3.8) is 0 Å². The number of anilines is 1. The highest BCUT2D eigenvalue weighted by Gasteiger charge is 2.17.